The number of nitrogens with zero attached hydrogens (tertiary/aromatic N) is 2. The lowest BCUT2D eigenvalue weighted by molar-refractivity contribution is 0.587. The highest BCUT2D eigenvalue weighted by Crippen LogP contribution is 2.37. The molecule has 0 N–H and O–H groups in total. The molecule has 0 atom stereocenters. The molecule has 0 radical (unpaired) electrons. The van der Waals surface area contributed by atoms with E-state index in [1.807, 2.05) is 11.3 Å². The van der Waals surface area contributed by atoms with Crippen LogP contribution in [-0.4, -0.2) is 19.1 Å². The average Bonchev–Trinajstić information content (AvgIpc) is 2.70. The fourth-order valence-electron chi connectivity index (χ4n) is 2.03. The van der Waals surface area contributed by atoms with Crippen LogP contribution in [0.15, 0.2) is 12.1 Å². The third-order valence-corrected chi connectivity index (χ3v) is 4.72. The quantitative estimate of drug-likeness (QED) is 0.784. The van der Waals surface area contributed by atoms with Crippen LogP contribution in [0.1, 0.15) is 51.1 Å². The normalized spacial score (nSPS) is 12.4. The molecule has 0 fully saturated rings. The van der Waals surface area contributed by atoms with E-state index in [1.165, 1.54) is 21.0 Å². The van der Waals surface area contributed by atoms with Crippen LogP contribution in [-0.2, 0) is 5.41 Å². The maximum Gasteiger partial charge on any atom is 0.105 e. The third kappa shape index (κ3) is 2.76. The molecule has 1 aromatic heterocycles. The minimum atomic E-state index is 0.116. The molecule has 0 saturated heterocycles. The van der Waals surface area contributed by atoms with E-state index in [0.717, 1.165) is 5.52 Å². The maximum absolute atomic E-state index is 4.88. The summed E-state index contributed by atoms with van der Waals surface area (Å²) in [7, 11) is 4.18. The van der Waals surface area contributed by atoms with Crippen LogP contribution in [0.5, 0.6) is 0 Å². The Balaban J connectivity index is 2.72. The predicted molar refractivity (Wildman–Crippen MR) is 86.7 cm³/mol. The van der Waals surface area contributed by atoms with Gasteiger partial charge in [-0.25, -0.2) is 4.98 Å². The summed E-state index contributed by atoms with van der Waals surface area (Å²) in [5.41, 5.74) is 3.88. The number of benzene rings is 1. The zero-order valence-corrected chi connectivity index (χ0v) is 13.9. The fraction of sp³-hybridized carbons (Fsp3) is 0.562. The van der Waals surface area contributed by atoms with Crippen LogP contribution < -0.4 is 4.90 Å². The Kier molecular flexibility index (Phi) is 3.61. The standard InChI is InChI=1S/C16H24N2S/c1-10(2)11-8-12(18(6)7)14-13(9-11)19-15(17-14)16(3,4)5/h8-10H,1-7H3. The molecule has 104 valence electrons. The largest absolute Gasteiger partial charge is 0.376 e. The average molecular weight is 276 g/mol. The zero-order chi connectivity index (χ0) is 14.4. The topological polar surface area (TPSA) is 16.1 Å². The molecule has 0 unspecified atom stereocenters. The Morgan fingerprint density at radius 1 is 1.16 bits per heavy atom. The van der Waals surface area contributed by atoms with E-state index >= 15 is 0 Å². The van der Waals surface area contributed by atoms with Gasteiger partial charge in [-0.3, -0.25) is 0 Å². The van der Waals surface area contributed by atoms with E-state index in [-0.39, 0.29) is 5.41 Å². The molecule has 0 aliphatic heterocycles. The van der Waals surface area contributed by atoms with Crippen molar-refractivity contribution in [1.29, 1.82) is 0 Å². The van der Waals surface area contributed by atoms with Crippen molar-refractivity contribution in [3.05, 3.63) is 22.7 Å². The maximum atomic E-state index is 4.88. The summed E-state index contributed by atoms with van der Waals surface area (Å²) in [6.45, 7) is 11.2. The molecule has 2 nitrogen and oxygen atoms in total. The van der Waals surface area contributed by atoms with Crippen molar-refractivity contribution in [1.82, 2.24) is 4.98 Å². The van der Waals surface area contributed by atoms with Gasteiger partial charge in [0.05, 0.1) is 15.4 Å². The van der Waals surface area contributed by atoms with Gasteiger partial charge in [0.25, 0.3) is 0 Å². The molecule has 1 heterocycles. The lowest BCUT2D eigenvalue weighted by atomic mass is 9.98. The molecule has 0 saturated carbocycles. The monoisotopic (exact) mass is 276 g/mol. The van der Waals surface area contributed by atoms with E-state index in [2.05, 4.69) is 65.7 Å². The molecule has 2 aromatic rings. The molecule has 0 amide bonds. The Morgan fingerprint density at radius 3 is 2.26 bits per heavy atom. The van der Waals surface area contributed by atoms with Crippen molar-refractivity contribution in [3.8, 4) is 0 Å². The molecule has 0 bridgehead atoms. The number of hydrogen-bond donors (Lipinski definition) is 0. The lowest BCUT2D eigenvalue weighted by Crippen LogP contribution is -2.11. The van der Waals surface area contributed by atoms with Crippen molar-refractivity contribution < 1.29 is 0 Å². The Hall–Kier alpha value is -1.09. The summed E-state index contributed by atoms with van der Waals surface area (Å²) in [4.78, 5) is 7.05. The zero-order valence-electron chi connectivity index (χ0n) is 13.0. The number of thiazole rings is 1. The highest BCUT2D eigenvalue weighted by atomic mass is 32.1. The van der Waals surface area contributed by atoms with Gasteiger partial charge in [-0.1, -0.05) is 34.6 Å². The third-order valence-electron chi connectivity index (χ3n) is 3.29. The highest BCUT2D eigenvalue weighted by Gasteiger charge is 2.21. The SMILES string of the molecule is CC(C)c1cc(N(C)C)c2nc(C(C)(C)C)sc2c1. The van der Waals surface area contributed by atoms with Crippen molar-refractivity contribution in [3.63, 3.8) is 0 Å². The van der Waals surface area contributed by atoms with Gasteiger partial charge in [0.15, 0.2) is 0 Å². The molecule has 19 heavy (non-hydrogen) atoms. The molecule has 0 aliphatic carbocycles. The van der Waals surface area contributed by atoms with Gasteiger partial charge < -0.3 is 4.90 Å². The van der Waals surface area contributed by atoms with Crippen LogP contribution >= 0.6 is 11.3 Å². The van der Waals surface area contributed by atoms with Crippen LogP contribution in [0.3, 0.4) is 0 Å². The Bertz CT molecular complexity index is 589. The number of anilines is 1. The van der Waals surface area contributed by atoms with Crippen LogP contribution in [0.25, 0.3) is 10.2 Å². The van der Waals surface area contributed by atoms with Crippen molar-refractivity contribution in [2.24, 2.45) is 0 Å². The summed E-state index contributed by atoms with van der Waals surface area (Å²) < 4.78 is 1.31. The van der Waals surface area contributed by atoms with Gasteiger partial charge in [-0.15, -0.1) is 11.3 Å². The number of aromatic nitrogens is 1. The smallest absolute Gasteiger partial charge is 0.105 e. The first-order chi connectivity index (χ1) is 8.70. The molecule has 0 aliphatic rings. The molecule has 2 rings (SSSR count). The first-order valence-corrected chi connectivity index (χ1v) is 7.64. The minimum Gasteiger partial charge on any atom is -0.376 e. The van der Waals surface area contributed by atoms with Gasteiger partial charge in [-0.2, -0.15) is 0 Å². The van der Waals surface area contributed by atoms with Crippen LogP contribution in [0.4, 0.5) is 5.69 Å². The Labute approximate surface area is 120 Å². The molecular formula is C16H24N2S. The van der Waals surface area contributed by atoms with Gasteiger partial charge in [-0.05, 0) is 23.6 Å². The second-order valence-corrected chi connectivity index (χ2v) is 7.74. The fourth-order valence-corrected chi connectivity index (χ4v) is 3.12. The molecule has 1 aromatic carbocycles. The van der Waals surface area contributed by atoms with E-state index in [9.17, 15) is 0 Å². The van der Waals surface area contributed by atoms with E-state index < -0.39 is 0 Å². The van der Waals surface area contributed by atoms with Crippen LogP contribution in [0.2, 0.25) is 0 Å². The summed E-state index contributed by atoms with van der Waals surface area (Å²) in [5, 5.41) is 1.21. The van der Waals surface area contributed by atoms with Crippen molar-refractivity contribution in [2.45, 2.75) is 46.0 Å². The van der Waals surface area contributed by atoms with Gasteiger partial charge in [0.2, 0.25) is 0 Å². The summed E-state index contributed by atoms with van der Waals surface area (Å²) in [6, 6.07) is 4.58. The van der Waals surface area contributed by atoms with Gasteiger partial charge in [0.1, 0.15) is 5.52 Å². The minimum absolute atomic E-state index is 0.116. The van der Waals surface area contributed by atoms with Crippen molar-refractivity contribution >= 4 is 27.2 Å². The number of fused-ring (bicyclic) bond motifs is 1. The Morgan fingerprint density at radius 2 is 1.79 bits per heavy atom. The number of hydrogen-bond acceptors (Lipinski definition) is 3. The lowest BCUT2D eigenvalue weighted by Gasteiger charge is -2.16. The summed E-state index contributed by atoms with van der Waals surface area (Å²) in [6.07, 6.45) is 0. The molecule has 3 heteroatoms. The van der Waals surface area contributed by atoms with E-state index in [4.69, 9.17) is 4.98 Å². The summed E-state index contributed by atoms with van der Waals surface area (Å²) in [5.74, 6) is 0.545. The van der Waals surface area contributed by atoms with Gasteiger partial charge >= 0.3 is 0 Å². The number of rotatable bonds is 2. The summed E-state index contributed by atoms with van der Waals surface area (Å²) >= 11 is 1.83. The first-order valence-electron chi connectivity index (χ1n) is 6.82. The van der Waals surface area contributed by atoms with Gasteiger partial charge in [0, 0.05) is 19.5 Å². The van der Waals surface area contributed by atoms with E-state index in [0.29, 0.717) is 5.92 Å². The molecular weight excluding hydrogens is 252 g/mol. The first kappa shape index (κ1) is 14.3. The molecule has 0 spiro atoms. The second kappa shape index (κ2) is 4.78. The van der Waals surface area contributed by atoms with Crippen molar-refractivity contribution in [2.75, 3.05) is 19.0 Å². The van der Waals surface area contributed by atoms with Crippen LogP contribution in [0, 0.1) is 0 Å². The van der Waals surface area contributed by atoms with E-state index in [1.54, 1.807) is 0 Å². The predicted octanol–water partition coefficient (Wildman–Crippen LogP) is 4.78. The second-order valence-electron chi connectivity index (χ2n) is 6.70. The highest BCUT2D eigenvalue weighted by molar-refractivity contribution is 7.18.